The SMILES string of the molecule is C=CC(C)(O)C(C)O. The Morgan fingerprint density at radius 2 is 2.12 bits per heavy atom. The van der Waals surface area contributed by atoms with Gasteiger partial charge in [0.15, 0.2) is 0 Å². The normalized spacial score (nSPS) is 21.5. The molecule has 48 valence electrons. The highest BCUT2D eigenvalue weighted by molar-refractivity contribution is 4.95. The average Bonchev–Trinajstić information content (AvgIpc) is 1.67. The predicted octanol–water partition coefficient (Wildman–Crippen LogP) is 0.304. The van der Waals surface area contributed by atoms with Crippen LogP contribution in [0.1, 0.15) is 13.8 Å². The van der Waals surface area contributed by atoms with Gasteiger partial charge in [0.2, 0.25) is 0 Å². The lowest BCUT2D eigenvalue weighted by Crippen LogP contribution is -2.34. The molecular weight excluding hydrogens is 104 g/mol. The first-order valence-corrected chi connectivity index (χ1v) is 2.54. The molecule has 0 radical (unpaired) electrons. The van der Waals surface area contributed by atoms with E-state index < -0.39 is 11.7 Å². The molecule has 0 rings (SSSR count). The Hall–Kier alpha value is -0.340. The van der Waals surface area contributed by atoms with Crippen LogP contribution in [0, 0.1) is 0 Å². The van der Waals surface area contributed by atoms with Crippen molar-refractivity contribution in [1.29, 1.82) is 0 Å². The van der Waals surface area contributed by atoms with Gasteiger partial charge in [-0.05, 0) is 13.8 Å². The van der Waals surface area contributed by atoms with Crippen LogP contribution >= 0.6 is 0 Å². The molecule has 0 aromatic heterocycles. The van der Waals surface area contributed by atoms with E-state index in [9.17, 15) is 0 Å². The zero-order chi connectivity index (χ0) is 6.78. The molecule has 0 aromatic carbocycles. The van der Waals surface area contributed by atoms with Crippen LogP contribution in [0.25, 0.3) is 0 Å². The van der Waals surface area contributed by atoms with E-state index in [0.717, 1.165) is 0 Å². The zero-order valence-corrected chi connectivity index (χ0v) is 5.26. The van der Waals surface area contributed by atoms with Crippen molar-refractivity contribution in [2.24, 2.45) is 0 Å². The smallest absolute Gasteiger partial charge is 0.105 e. The van der Waals surface area contributed by atoms with E-state index in [0.29, 0.717) is 0 Å². The van der Waals surface area contributed by atoms with Crippen molar-refractivity contribution in [1.82, 2.24) is 0 Å². The molecule has 0 aliphatic rings. The zero-order valence-electron chi connectivity index (χ0n) is 5.26. The molecule has 0 bridgehead atoms. The van der Waals surface area contributed by atoms with Crippen molar-refractivity contribution in [2.75, 3.05) is 0 Å². The first kappa shape index (κ1) is 7.66. The van der Waals surface area contributed by atoms with Crippen LogP contribution in [0.15, 0.2) is 12.7 Å². The second-order valence-electron chi connectivity index (χ2n) is 2.11. The highest BCUT2D eigenvalue weighted by Crippen LogP contribution is 2.08. The second kappa shape index (κ2) is 2.29. The van der Waals surface area contributed by atoms with Crippen LogP contribution in [-0.4, -0.2) is 21.9 Å². The van der Waals surface area contributed by atoms with Crippen molar-refractivity contribution in [3.63, 3.8) is 0 Å². The van der Waals surface area contributed by atoms with Gasteiger partial charge in [-0.1, -0.05) is 6.08 Å². The third kappa shape index (κ3) is 1.64. The Morgan fingerprint density at radius 1 is 1.75 bits per heavy atom. The quantitative estimate of drug-likeness (QED) is 0.509. The standard InChI is InChI=1S/C6H12O2/c1-4-6(3,8)5(2)7/h4-5,7-8H,1H2,2-3H3. The molecule has 0 amide bonds. The van der Waals surface area contributed by atoms with Crippen molar-refractivity contribution < 1.29 is 10.2 Å². The highest BCUT2D eigenvalue weighted by Gasteiger charge is 2.21. The average molecular weight is 116 g/mol. The van der Waals surface area contributed by atoms with E-state index >= 15 is 0 Å². The summed E-state index contributed by atoms with van der Waals surface area (Å²) in [6.45, 7) is 6.36. The minimum Gasteiger partial charge on any atom is -0.390 e. The van der Waals surface area contributed by atoms with Crippen molar-refractivity contribution >= 4 is 0 Å². The summed E-state index contributed by atoms with van der Waals surface area (Å²) in [5, 5.41) is 17.8. The lowest BCUT2D eigenvalue weighted by atomic mass is 10.0. The van der Waals surface area contributed by atoms with Gasteiger partial charge in [-0.2, -0.15) is 0 Å². The fourth-order valence-electron chi connectivity index (χ4n) is 0.171. The summed E-state index contributed by atoms with van der Waals surface area (Å²) in [5.74, 6) is 0. The first-order chi connectivity index (χ1) is 3.50. The van der Waals surface area contributed by atoms with Gasteiger partial charge < -0.3 is 10.2 Å². The van der Waals surface area contributed by atoms with E-state index in [1.54, 1.807) is 0 Å². The summed E-state index contributed by atoms with van der Waals surface area (Å²) in [6, 6.07) is 0. The molecule has 2 atom stereocenters. The van der Waals surface area contributed by atoms with E-state index in [1.165, 1.54) is 19.9 Å². The molecule has 0 spiro atoms. The van der Waals surface area contributed by atoms with Crippen molar-refractivity contribution in [3.8, 4) is 0 Å². The summed E-state index contributed by atoms with van der Waals surface area (Å²) in [6.07, 6.45) is 0.567. The number of hydrogen-bond donors (Lipinski definition) is 2. The van der Waals surface area contributed by atoms with Gasteiger partial charge in [0.1, 0.15) is 5.60 Å². The fourth-order valence-corrected chi connectivity index (χ4v) is 0.171. The van der Waals surface area contributed by atoms with Gasteiger partial charge in [0.05, 0.1) is 6.10 Å². The summed E-state index contributed by atoms with van der Waals surface area (Å²) >= 11 is 0. The van der Waals surface area contributed by atoms with E-state index in [1.807, 2.05) is 0 Å². The third-order valence-electron chi connectivity index (χ3n) is 1.26. The molecular formula is C6H12O2. The topological polar surface area (TPSA) is 40.5 Å². The Bertz CT molecular complexity index is 84.5. The van der Waals surface area contributed by atoms with Crippen LogP contribution < -0.4 is 0 Å². The van der Waals surface area contributed by atoms with Gasteiger partial charge >= 0.3 is 0 Å². The molecule has 0 saturated carbocycles. The Labute approximate surface area is 49.5 Å². The van der Waals surface area contributed by atoms with Crippen LogP contribution in [0.2, 0.25) is 0 Å². The lowest BCUT2D eigenvalue weighted by Gasteiger charge is -2.21. The second-order valence-corrected chi connectivity index (χ2v) is 2.11. The molecule has 2 nitrogen and oxygen atoms in total. The summed E-state index contributed by atoms with van der Waals surface area (Å²) in [4.78, 5) is 0. The van der Waals surface area contributed by atoms with E-state index in [4.69, 9.17) is 10.2 Å². The summed E-state index contributed by atoms with van der Waals surface area (Å²) < 4.78 is 0. The Balaban J connectivity index is 3.90. The van der Waals surface area contributed by atoms with Crippen molar-refractivity contribution in [2.45, 2.75) is 25.6 Å². The fraction of sp³-hybridized carbons (Fsp3) is 0.667. The maximum atomic E-state index is 9.03. The molecule has 0 aromatic rings. The highest BCUT2D eigenvalue weighted by atomic mass is 16.3. The van der Waals surface area contributed by atoms with Gasteiger partial charge in [-0.3, -0.25) is 0 Å². The Morgan fingerprint density at radius 3 is 2.12 bits per heavy atom. The largest absolute Gasteiger partial charge is 0.390 e. The summed E-state index contributed by atoms with van der Waals surface area (Å²) in [5.41, 5.74) is -1.14. The molecule has 0 aliphatic carbocycles. The number of aliphatic hydroxyl groups excluding tert-OH is 1. The van der Waals surface area contributed by atoms with E-state index in [-0.39, 0.29) is 0 Å². The van der Waals surface area contributed by atoms with Crippen LogP contribution in [0.3, 0.4) is 0 Å². The molecule has 2 unspecified atom stereocenters. The molecule has 0 heterocycles. The monoisotopic (exact) mass is 116 g/mol. The maximum Gasteiger partial charge on any atom is 0.105 e. The Kier molecular flexibility index (Phi) is 2.19. The van der Waals surface area contributed by atoms with Gasteiger partial charge in [-0.25, -0.2) is 0 Å². The van der Waals surface area contributed by atoms with Gasteiger partial charge in [0, 0.05) is 0 Å². The van der Waals surface area contributed by atoms with Gasteiger partial charge in [0.25, 0.3) is 0 Å². The number of hydrogen-bond acceptors (Lipinski definition) is 2. The number of aliphatic hydroxyl groups is 2. The number of rotatable bonds is 2. The minimum atomic E-state index is -1.14. The molecule has 0 fully saturated rings. The first-order valence-electron chi connectivity index (χ1n) is 2.54. The van der Waals surface area contributed by atoms with Crippen LogP contribution in [0.4, 0.5) is 0 Å². The molecule has 2 N–H and O–H groups in total. The van der Waals surface area contributed by atoms with Crippen LogP contribution in [-0.2, 0) is 0 Å². The molecule has 0 aliphatic heterocycles. The molecule has 2 heteroatoms. The van der Waals surface area contributed by atoms with Gasteiger partial charge in [-0.15, -0.1) is 6.58 Å². The predicted molar refractivity (Wildman–Crippen MR) is 32.5 cm³/mol. The molecule has 0 saturated heterocycles. The minimum absolute atomic E-state index is 0.750. The third-order valence-corrected chi connectivity index (χ3v) is 1.26. The lowest BCUT2D eigenvalue weighted by molar-refractivity contribution is -0.0149. The molecule has 8 heavy (non-hydrogen) atoms. The summed E-state index contributed by atoms with van der Waals surface area (Å²) in [7, 11) is 0. The van der Waals surface area contributed by atoms with Crippen molar-refractivity contribution in [3.05, 3.63) is 12.7 Å². The maximum absolute atomic E-state index is 9.03. The van der Waals surface area contributed by atoms with E-state index in [2.05, 4.69) is 6.58 Å². The van der Waals surface area contributed by atoms with Crippen LogP contribution in [0.5, 0.6) is 0 Å².